The molecule has 3 rings (SSSR count). The second-order valence-electron chi connectivity index (χ2n) is 5.76. The number of aliphatic carboxylic acids is 1. The zero-order chi connectivity index (χ0) is 14.9. The van der Waals surface area contributed by atoms with E-state index in [-0.39, 0.29) is 0 Å². The molecular formula is C15H18N2O3S. The minimum atomic E-state index is -0.691. The number of nitrogens with zero attached hydrogens (tertiary/aromatic N) is 2. The highest BCUT2D eigenvalue weighted by molar-refractivity contribution is 7.13. The maximum Gasteiger partial charge on any atom is 0.309 e. The average molecular weight is 306 g/mol. The molecule has 0 aliphatic carbocycles. The van der Waals surface area contributed by atoms with E-state index < -0.39 is 11.4 Å². The number of carboxylic acid groups (broad SMARTS) is 1. The van der Waals surface area contributed by atoms with Crippen LogP contribution in [0.3, 0.4) is 0 Å². The van der Waals surface area contributed by atoms with Gasteiger partial charge in [-0.05, 0) is 44.3 Å². The summed E-state index contributed by atoms with van der Waals surface area (Å²) in [5.74, 6) is -0.0315. The molecule has 0 unspecified atom stereocenters. The molecular weight excluding hydrogens is 288 g/mol. The molecule has 5 nitrogen and oxygen atoms in total. The number of oxazole rings is 1. The first kappa shape index (κ1) is 14.3. The molecule has 1 N–H and O–H groups in total. The fraction of sp³-hybridized carbons (Fsp3) is 0.467. The lowest BCUT2D eigenvalue weighted by Gasteiger charge is -2.35. The van der Waals surface area contributed by atoms with Crippen LogP contribution in [0.1, 0.15) is 25.5 Å². The van der Waals surface area contributed by atoms with Crippen molar-refractivity contribution in [3.8, 4) is 10.8 Å². The lowest BCUT2D eigenvalue weighted by Crippen LogP contribution is -2.42. The van der Waals surface area contributed by atoms with Crippen molar-refractivity contribution in [2.24, 2.45) is 5.41 Å². The summed E-state index contributed by atoms with van der Waals surface area (Å²) in [4.78, 5) is 19.0. The molecule has 21 heavy (non-hydrogen) atoms. The van der Waals surface area contributed by atoms with Crippen LogP contribution in [-0.2, 0) is 11.3 Å². The summed E-state index contributed by atoms with van der Waals surface area (Å²) in [6.45, 7) is 4.11. The molecule has 1 saturated heterocycles. The van der Waals surface area contributed by atoms with Crippen LogP contribution in [-0.4, -0.2) is 34.0 Å². The van der Waals surface area contributed by atoms with Gasteiger partial charge in [0, 0.05) is 6.54 Å². The molecule has 1 aliphatic rings. The summed E-state index contributed by atoms with van der Waals surface area (Å²) >= 11 is 1.60. The van der Waals surface area contributed by atoms with Crippen LogP contribution in [0, 0.1) is 5.41 Å². The Hall–Kier alpha value is -1.66. The second-order valence-corrected chi connectivity index (χ2v) is 6.71. The smallest absolute Gasteiger partial charge is 0.309 e. The van der Waals surface area contributed by atoms with Gasteiger partial charge in [-0.15, -0.1) is 11.3 Å². The van der Waals surface area contributed by atoms with Crippen LogP contribution in [0.2, 0.25) is 0 Å². The summed E-state index contributed by atoms with van der Waals surface area (Å²) in [7, 11) is 0. The van der Waals surface area contributed by atoms with E-state index in [0.717, 1.165) is 23.7 Å². The van der Waals surface area contributed by atoms with Gasteiger partial charge < -0.3 is 9.52 Å². The van der Waals surface area contributed by atoms with Gasteiger partial charge in [-0.2, -0.15) is 0 Å². The van der Waals surface area contributed by atoms with E-state index in [1.807, 2.05) is 24.4 Å². The molecule has 112 valence electrons. The van der Waals surface area contributed by atoms with E-state index in [1.165, 1.54) is 0 Å². The highest BCUT2D eigenvalue weighted by atomic mass is 32.1. The van der Waals surface area contributed by atoms with Crippen molar-refractivity contribution in [2.45, 2.75) is 26.3 Å². The largest absolute Gasteiger partial charge is 0.481 e. The normalized spacial score (nSPS) is 18.7. The Morgan fingerprint density at radius 3 is 2.90 bits per heavy atom. The molecule has 0 bridgehead atoms. The lowest BCUT2D eigenvalue weighted by atomic mass is 9.80. The Morgan fingerprint density at radius 2 is 2.29 bits per heavy atom. The number of likely N-dealkylation sites (tertiary alicyclic amines) is 1. The highest BCUT2D eigenvalue weighted by Gasteiger charge is 2.36. The molecule has 0 radical (unpaired) electrons. The summed E-state index contributed by atoms with van der Waals surface area (Å²) in [5, 5.41) is 11.2. The Labute approximate surface area is 127 Å². The third kappa shape index (κ3) is 3.01. The van der Waals surface area contributed by atoms with Crippen LogP contribution in [0.15, 0.2) is 28.2 Å². The monoisotopic (exact) mass is 306 g/mol. The SMILES string of the molecule is CC1(C(=O)O)CCN(Cc2coc(-c3cccs3)n2)CC1. The molecule has 0 saturated carbocycles. The van der Waals surface area contributed by atoms with Gasteiger partial charge in [0.25, 0.3) is 0 Å². The van der Waals surface area contributed by atoms with Crippen LogP contribution in [0.4, 0.5) is 0 Å². The fourth-order valence-electron chi connectivity index (χ4n) is 2.54. The molecule has 2 aromatic rings. The highest BCUT2D eigenvalue weighted by Crippen LogP contribution is 2.32. The van der Waals surface area contributed by atoms with Crippen molar-refractivity contribution in [3.05, 3.63) is 29.5 Å². The van der Waals surface area contributed by atoms with Gasteiger partial charge in [0.1, 0.15) is 6.26 Å². The van der Waals surface area contributed by atoms with E-state index in [1.54, 1.807) is 17.6 Å². The first-order valence-corrected chi connectivity index (χ1v) is 7.89. The minimum absolute atomic E-state index is 0.581. The average Bonchev–Trinajstić information content (AvgIpc) is 3.12. The predicted molar refractivity (Wildman–Crippen MR) is 80.1 cm³/mol. The fourth-order valence-corrected chi connectivity index (χ4v) is 3.20. The van der Waals surface area contributed by atoms with Crippen molar-refractivity contribution in [3.63, 3.8) is 0 Å². The van der Waals surface area contributed by atoms with Crippen LogP contribution in [0.5, 0.6) is 0 Å². The number of piperidine rings is 1. The standard InChI is InChI=1S/C15H18N2O3S/c1-15(14(18)19)4-6-17(7-5-15)9-11-10-20-13(16-11)12-3-2-8-21-12/h2-3,8,10H,4-7,9H2,1H3,(H,18,19). The van der Waals surface area contributed by atoms with E-state index in [2.05, 4.69) is 9.88 Å². The summed E-state index contributed by atoms with van der Waals surface area (Å²) < 4.78 is 5.51. The number of hydrogen-bond acceptors (Lipinski definition) is 5. The number of aromatic nitrogens is 1. The van der Waals surface area contributed by atoms with Gasteiger partial charge in [0.05, 0.1) is 16.0 Å². The first-order valence-electron chi connectivity index (χ1n) is 7.01. The molecule has 1 aliphatic heterocycles. The van der Waals surface area contributed by atoms with Gasteiger partial charge in [-0.3, -0.25) is 9.69 Å². The third-order valence-electron chi connectivity index (χ3n) is 4.15. The van der Waals surface area contributed by atoms with Crippen molar-refractivity contribution in [2.75, 3.05) is 13.1 Å². The Balaban J connectivity index is 1.60. The Bertz CT molecular complexity index is 613. The molecule has 0 spiro atoms. The van der Waals surface area contributed by atoms with Crippen LogP contribution >= 0.6 is 11.3 Å². The van der Waals surface area contributed by atoms with Gasteiger partial charge in [0.15, 0.2) is 0 Å². The zero-order valence-electron chi connectivity index (χ0n) is 11.9. The Morgan fingerprint density at radius 1 is 1.52 bits per heavy atom. The minimum Gasteiger partial charge on any atom is -0.481 e. The maximum absolute atomic E-state index is 11.2. The first-order chi connectivity index (χ1) is 10.1. The van der Waals surface area contributed by atoms with Gasteiger partial charge in [-0.25, -0.2) is 4.98 Å². The van der Waals surface area contributed by atoms with E-state index in [0.29, 0.717) is 25.3 Å². The van der Waals surface area contributed by atoms with E-state index in [9.17, 15) is 9.90 Å². The van der Waals surface area contributed by atoms with Crippen LogP contribution < -0.4 is 0 Å². The van der Waals surface area contributed by atoms with Gasteiger partial charge in [0.2, 0.25) is 5.89 Å². The topological polar surface area (TPSA) is 66.6 Å². The Kier molecular flexibility index (Phi) is 3.82. The van der Waals surface area contributed by atoms with E-state index in [4.69, 9.17) is 4.42 Å². The number of hydrogen-bond donors (Lipinski definition) is 1. The molecule has 0 amide bonds. The lowest BCUT2D eigenvalue weighted by molar-refractivity contribution is -0.150. The molecule has 3 heterocycles. The quantitative estimate of drug-likeness (QED) is 0.940. The zero-order valence-corrected chi connectivity index (χ0v) is 12.7. The van der Waals surface area contributed by atoms with Crippen molar-refractivity contribution in [1.82, 2.24) is 9.88 Å². The van der Waals surface area contributed by atoms with Gasteiger partial charge >= 0.3 is 5.97 Å². The number of carbonyl (C=O) groups is 1. The summed E-state index contributed by atoms with van der Waals surface area (Å²) in [5.41, 5.74) is 0.319. The molecule has 0 atom stereocenters. The number of rotatable bonds is 4. The van der Waals surface area contributed by atoms with Crippen molar-refractivity contribution in [1.29, 1.82) is 0 Å². The van der Waals surface area contributed by atoms with Crippen molar-refractivity contribution < 1.29 is 14.3 Å². The summed E-state index contributed by atoms with van der Waals surface area (Å²) in [6, 6.07) is 3.96. The number of thiophene rings is 1. The second kappa shape index (κ2) is 5.61. The molecule has 1 fully saturated rings. The van der Waals surface area contributed by atoms with Crippen molar-refractivity contribution >= 4 is 17.3 Å². The third-order valence-corrected chi connectivity index (χ3v) is 5.00. The van der Waals surface area contributed by atoms with Gasteiger partial charge in [-0.1, -0.05) is 6.07 Å². The van der Waals surface area contributed by atoms with E-state index >= 15 is 0 Å². The maximum atomic E-state index is 11.2. The molecule has 0 aromatic carbocycles. The van der Waals surface area contributed by atoms with Crippen LogP contribution in [0.25, 0.3) is 10.8 Å². The molecule has 2 aromatic heterocycles. The molecule has 6 heteroatoms. The predicted octanol–water partition coefficient (Wildman–Crippen LogP) is 3.09. The summed E-state index contributed by atoms with van der Waals surface area (Å²) in [6.07, 6.45) is 3.05. The number of carboxylic acids is 1.